The van der Waals surface area contributed by atoms with E-state index in [0.717, 1.165) is 22.2 Å². The Kier molecular flexibility index (Phi) is 2.70. The highest BCUT2D eigenvalue weighted by molar-refractivity contribution is 5.80. The molecule has 104 valence electrons. The maximum absolute atomic E-state index is 8.95. The number of hydrogen-bond donors (Lipinski definition) is 1. The fourth-order valence-electron chi connectivity index (χ4n) is 2.25. The van der Waals surface area contributed by atoms with E-state index in [-0.39, 0.29) is 0 Å². The topological polar surface area (TPSA) is 91.4 Å². The number of fused-ring (bicyclic) bond motifs is 1. The number of nitriles is 1. The van der Waals surface area contributed by atoms with Crippen LogP contribution in [0.5, 0.6) is 0 Å². The van der Waals surface area contributed by atoms with Gasteiger partial charge in [0, 0.05) is 11.1 Å². The number of nitrogens with zero attached hydrogens (tertiary/aromatic N) is 4. The Morgan fingerprint density at radius 3 is 2.95 bits per heavy atom. The second-order valence-electron chi connectivity index (χ2n) is 4.75. The van der Waals surface area contributed by atoms with Crippen LogP contribution in [0, 0.1) is 11.3 Å². The molecule has 0 atom stereocenters. The molecule has 4 rings (SSSR count). The van der Waals surface area contributed by atoms with E-state index in [4.69, 9.17) is 9.78 Å². The van der Waals surface area contributed by atoms with Crippen LogP contribution in [0.3, 0.4) is 0 Å². The number of nitrogens with one attached hydrogen (secondary N) is 1. The molecule has 0 bridgehead atoms. The van der Waals surface area contributed by atoms with E-state index in [1.807, 2.05) is 24.3 Å². The lowest BCUT2D eigenvalue weighted by atomic mass is 10.1. The zero-order valence-corrected chi connectivity index (χ0v) is 11.3. The molecule has 0 saturated heterocycles. The van der Waals surface area contributed by atoms with Gasteiger partial charge in [-0.3, -0.25) is 0 Å². The van der Waals surface area contributed by atoms with Gasteiger partial charge in [0.05, 0.1) is 29.0 Å². The highest BCUT2D eigenvalue weighted by atomic mass is 16.5. The van der Waals surface area contributed by atoms with E-state index in [0.29, 0.717) is 17.3 Å². The maximum Gasteiger partial charge on any atom is 0.258 e. The van der Waals surface area contributed by atoms with E-state index < -0.39 is 0 Å². The standard InChI is InChI=1S/C16H9N5O/c17-8-10-2-1-3-12(6-10)16-20-15(21-22-16)11-4-5-13-14(7-11)19-9-18-13/h1-7,9H,(H,18,19). The lowest BCUT2D eigenvalue weighted by Crippen LogP contribution is -1.82. The first-order chi connectivity index (χ1) is 10.8. The lowest BCUT2D eigenvalue weighted by molar-refractivity contribution is 0.432. The average Bonchev–Trinajstić information content (AvgIpc) is 3.23. The number of aromatic nitrogens is 4. The molecule has 2 aromatic heterocycles. The molecule has 0 fully saturated rings. The van der Waals surface area contributed by atoms with E-state index in [2.05, 4.69) is 26.2 Å². The van der Waals surface area contributed by atoms with Crippen LogP contribution in [-0.2, 0) is 0 Å². The van der Waals surface area contributed by atoms with Crippen molar-refractivity contribution in [3.8, 4) is 28.9 Å². The number of benzene rings is 2. The van der Waals surface area contributed by atoms with Gasteiger partial charge in [-0.05, 0) is 36.4 Å². The minimum absolute atomic E-state index is 0.386. The molecule has 0 spiro atoms. The number of hydrogen-bond acceptors (Lipinski definition) is 5. The molecule has 0 aliphatic carbocycles. The van der Waals surface area contributed by atoms with E-state index in [1.54, 1.807) is 24.5 Å². The first-order valence-electron chi connectivity index (χ1n) is 6.61. The summed E-state index contributed by atoms with van der Waals surface area (Å²) in [5, 5.41) is 13.0. The normalized spacial score (nSPS) is 10.7. The highest BCUT2D eigenvalue weighted by Gasteiger charge is 2.11. The summed E-state index contributed by atoms with van der Waals surface area (Å²) in [7, 11) is 0. The highest BCUT2D eigenvalue weighted by Crippen LogP contribution is 2.24. The summed E-state index contributed by atoms with van der Waals surface area (Å²) in [6.07, 6.45) is 1.64. The molecule has 0 saturated carbocycles. The van der Waals surface area contributed by atoms with Gasteiger partial charge in [-0.15, -0.1) is 0 Å². The van der Waals surface area contributed by atoms with Crippen molar-refractivity contribution >= 4 is 11.0 Å². The van der Waals surface area contributed by atoms with Crippen LogP contribution >= 0.6 is 0 Å². The SMILES string of the molecule is N#Cc1cccc(-c2nc(-c3ccc4nc[nH]c4c3)no2)c1. The molecule has 6 nitrogen and oxygen atoms in total. The zero-order chi connectivity index (χ0) is 14.9. The third-order valence-corrected chi connectivity index (χ3v) is 3.34. The van der Waals surface area contributed by atoms with Gasteiger partial charge in [0.25, 0.3) is 5.89 Å². The summed E-state index contributed by atoms with van der Waals surface area (Å²) in [6.45, 7) is 0. The minimum Gasteiger partial charge on any atom is -0.345 e. The van der Waals surface area contributed by atoms with Gasteiger partial charge >= 0.3 is 0 Å². The second-order valence-corrected chi connectivity index (χ2v) is 4.75. The molecule has 22 heavy (non-hydrogen) atoms. The Morgan fingerprint density at radius 1 is 1.09 bits per heavy atom. The quantitative estimate of drug-likeness (QED) is 0.611. The van der Waals surface area contributed by atoms with E-state index in [9.17, 15) is 0 Å². The van der Waals surface area contributed by atoms with E-state index in [1.165, 1.54) is 0 Å². The third kappa shape index (κ3) is 2.01. The van der Waals surface area contributed by atoms with Gasteiger partial charge in [-0.2, -0.15) is 10.2 Å². The van der Waals surface area contributed by atoms with Crippen molar-refractivity contribution in [2.45, 2.75) is 0 Å². The van der Waals surface area contributed by atoms with Crippen molar-refractivity contribution in [3.05, 3.63) is 54.4 Å². The molecule has 0 radical (unpaired) electrons. The molecular formula is C16H9N5O. The predicted octanol–water partition coefficient (Wildman–Crippen LogP) is 3.15. The molecule has 0 unspecified atom stereocenters. The van der Waals surface area contributed by atoms with Gasteiger partial charge in [0.15, 0.2) is 0 Å². The average molecular weight is 287 g/mol. The summed E-state index contributed by atoms with van der Waals surface area (Å²) in [6, 6.07) is 14.9. The fraction of sp³-hybridized carbons (Fsp3) is 0. The van der Waals surface area contributed by atoms with Crippen molar-refractivity contribution in [2.24, 2.45) is 0 Å². The summed E-state index contributed by atoms with van der Waals surface area (Å²) < 4.78 is 5.30. The van der Waals surface area contributed by atoms with Crippen LogP contribution in [0.4, 0.5) is 0 Å². The molecule has 0 amide bonds. The van der Waals surface area contributed by atoms with Crippen LogP contribution in [0.2, 0.25) is 0 Å². The first-order valence-corrected chi connectivity index (χ1v) is 6.61. The van der Waals surface area contributed by atoms with Crippen molar-refractivity contribution in [3.63, 3.8) is 0 Å². The lowest BCUT2D eigenvalue weighted by Gasteiger charge is -1.95. The monoisotopic (exact) mass is 287 g/mol. The van der Waals surface area contributed by atoms with Crippen LogP contribution in [0.25, 0.3) is 33.9 Å². The van der Waals surface area contributed by atoms with E-state index >= 15 is 0 Å². The Hall–Kier alpha value is -3.46. The van der Waals surface area contributed by atoms with Crippen molar-refractivity contribution in [1.29, 1.82) is 5.26 Å². The fourth-order valence-corrected chi connectivity index (χ4v) is 2.25. The smallest absolute Gasteiger partial charge is 0.258 e. The predicted molar refractivity (Wildman–Crippen MR) is 79.5 cm³/mol. The van der Waals surface area contributed by atoms with Gasteiger partial charge in [-0.25, -0.2) is 4.98 Å². The first kappa shape index (κ1) is 12.3. The Bertz CT molecular complexity index is 1010. The molecule has 4 aromatic rings. The molecule has 1 N–H and O–H groups in total. The Balaban J connectivity index is 1.75. The number of aromatic amines is 1. The molecule has 6 heteroatoms. The minimum atomic E-state index is 0.386. The number of rotatable bonds is 2. The largest absolute Gasteiger partial charge is 0.345 e. The summed E-state index contributed by atoms with van der Waals surface area (Å²) >= 11 is 0. The van der Waals surface area contributed by atoms with Gasteiger partial charge in [0.1, 0.15) is 0 Å². The molecule has 2 aromatic carbocycles. The van der Waals surface area contributed by atoms with Gasteiger partial charge < -0.3 is 9.51 Å². The molecule has 2 heterocycles. The number of H-pyrrole nitrogens is 1. The van der Waals surface area contributed by atoms with Crippen molar-refractivity contribution in [2.75, 3.05) is 0 Å². The molecule has 0 aliphatic heterocycles. The van der Waals surface area contributed by atoms with Crippen LogP contribution in [0.15, 0.2) is 53.3 Å². The summed E-state index contributed by atoms with van der Waals surface area (Å²) in [5.41, 5.74) is 3.91. The zero-order valence-electron chi connectivity index (χ0n) is 11.3. The number of imidazole rings is 1. The van der Waals surface area contributed by atoms with Gasteiger partial charge in [-0.1, -0.05) is 11.2 Å². The summed E-state index contributed by atoms with van der Waals surface area (Å²) in [5.74, 6) is 0.880. The van der Waals surface area contributed by atoms with Crippen LogP contribution in [-0.4, -0.2) is 20.1 Å². The van der Waals surface area contributed by atoms with Crippen LogP contribution in [0.1, 0.15) is 5.56 Å². The third-order valence-electron chi connectivity index (χ3n) is 3.34. The van der Waals surface area contributed by atoms with Crippen LogP contribution < -0.4 is 0 Å². The Morgan fingerprint density at radius 2 is 2.05 bits per heavy atom. The molecular weight excluding hydrogens is 278 g/mol. The van der Waals surface area contributed by atoms with Gasteiger partial charge in [0.2, 0.25) is 5.82 Å². The van der Waals surface area contributed by atoms with Crippen molar-refractivity contribution < 1.29 is 4.52 Å². The second kappa shape index (κ2) is 4.82. The Labute approximate surface area is 125 Å². The van der Waals surface area contributed by atoms with Crippen molar-refractivity contribution in [1.82, 2.24) is 20.1 Å². The maximum atomic E-state index is 8.95. The molecule has 0 aliphatic rings. The summed E-state index contributed by atoms with van der Waals surface area (Å²) in [4.78, 5) is 11.6.